The maximum absolute atomic E-state index is 12.3. The first-order valence-electron chi connectivity index (χ1n) is 8.98. The van der Waals surface area contributed by atoms with Crippen molar-refractivity contribution < 1.29 is 9.59 Å². The lowest BCUT2D eigenvalue weighted by Crippen LogP contribution is -2.15. The lowest BCUT2D eigenvalue weighted by atomic mass is 10.1. The van der Waals surface area contributed by atoms with Gasteiger partial charge < -0.3 is 10.6 Å². The summed E-state index contributed by atoms with van der Waals surface area (Å²) >= 11 is 0. The minimum atomic E-state index is -0.179. The maximum atomic E-state index is 12.3. The number of hydrogen-bond acceptors (Lipinski definition) is 2. The zero-order valence-corrected chi connectivity index (χ0v) is 15.2. The normalized spacial score (nSPS) is 10.3. The summed E-state index contributed by atoms with van der Waals surface area (Å²) in [4.78, 5) is 24.4. The molecule has 0 aliphatic rings. The van der Waals surface area contributed by atoms with Gasteiger partial charge in [-0.1, -0.05) is 49.4 Å². The van der Waals surface area contributed by atoms with Gasteiger partial charge in [-0.25, -0.2) is 0 Å². The molecule has 0 heterocycles. The zero-order chi connectivity index (χ0) is 19.1. The Labute approximate surface area is 159 Å². The zero-order valence-electron chi connectivity index (χ0n) is 15.2. The predicted octanol–water partition coefficient (Wildman–Crippen LogP) is 4.68. The van der Waals surface area contributed by atoms with Crippen LogP contribution in [0.1, 0.15) is 28.4 Å². The van der Waals surface area contributed by atoms with Crippen molar-refractivity contribution >= 4 is 23.2 Å². The van der Waals surface area contributed by atoms with Crippen molar-refractivity contribution in [2.24, 2.45) is 0 Å². The number of rotatable bonds is 6. The van der Waals surface area contributed by atoms with E-state index in [1.807, 2.05) is 54.6 Å². The van der Waals surface area contributed by atoms with Gasteiger partial charge in [0.05, 0.1) is 6.42 Å². The van der Waals surface area contributed by atoms with Crippen LogP contribution < -0.4 is 10.6 Å². The van der Waals surface area contributed by atoms with Crippen molar-refractivity contribution in [1.82, 2.24) is 0 Å². The van der Waals surface area contributed by atoms with Crippen LogP contribution in [0.4, 0.5) is 11.4 Å². The van der Waals surface area contributed by atoms with E-state index in [-0.39, 0.29) is 11.8 Å². The van der Waals surface area contributed by atoms with Crippen molar-refractivity contribution in [3.63, 3.8) is 0 Å². The molecule has 136 valence electrons. The predicted molar refractivity (Wildman–Crippen MR) is 109 cm³/mol. The van der Waals surface area contributed by atoms with E-state index in [0.29, 0.717) is 17.7 Å². The highest BCUT2D eigenvalue weighted by Crippen LogP contribution is 2.14. The number of amides is 2. The van der Waals surface area contributed by atoms with Crippen molar-refractivity contribution in [1.29, 1.82) is 0 Å². The molecule has 3 aromatic rings. The lowest BCUT2D eigenvalue weighted by Gasteiger charge is -2.08. The van der Waals surface area contributed by atoms with Gasteiger partial charge in [0.15, 0.2) is 0 Å². The maximum Gasteiger partial charge on any atom is 0.255 e. The SMILES string of the molecule is CCc1ccc(NC(=O)c2ccc(NC(=O)Cc3ccccc3)cc2)cc1. The van der Waals surface area contributed by atoms with E-state index < -0.39 is 0 Å². The van der Waals surface area contributed by atoms with E-state index in [1.54, 1.807) is 24.3 Å². The highest BCUT2D eigenvalue weighted by atomic mass is 16.2. The van der Waals surface area contributed by atoms with Gasteiger partial charge in [-0.05, 0) is 53.9 Å². The smallest absolute Gasteiger partial charge is 0.255 e. The van der Waals surface area contributed by atoms with Gasteiger partial charge in [-0.2, -0.15) is 0 Å². The Bertz CT molecular complexity index is 901. The van der Waals surface area contributed by atoms with Crippen molar-refractivity contribution in [3.8, 4) is 0 Å². The molecule has 2 amide bonds. The molecule has 0 unspecified atom stereocenters. The van der Waals surface area contributed by atoms with Crippen molar-refractivity contribution in [3.05, 3.63) is 95.6 Å². The number of nitrogens with one attached hydrogen (secondary N) is 2. The number of carbonyl (C=O) groups excluding carboxylic acids is 2. The van der Waals surface area contributed by atoms with E-state index in [1.165, 1.54) is 5.56 Å². The van der Waals surface area contributed by atoms with E-state index in [4.69, 9.17) is 0 Å². The van der Waals surface area contributed by atoms with Crippen LogP contribution in [-0.2, 0) is 17.6 Å². The first-order chi connectivity index (χ1) is 13.1. The lowest BCUT2D eigenvalue weighted by molar-refractivity contribution is -0.115. The molecular weight excluding hydrogens is 336 g/mol. The molecule has 27 heavy (non-hydrogen) atoms. The van der Waals surface area contributed by atoms with Gasteiger partial charge in [0, 0.05) is 16.9 Å². The van der Waals surface area contributed by atoms with Crippen LogP contribution in [0.3, 0.4) is 0 Å². The second-order valence-corrected chi connectivity index (χ2v) is 6.29. The number of hydrogen-bond donors (Lipinski definition) is 2. The quantitative estimate of drug-likeness (QED) is 0.672. The van der Waals surface area contributed by atoms with Gasteiger partial charge >= 0.3 is 0 Å². The fourth-order valence-electron chi connectivity index (χ4n) is 2.72. The van der Waals surface area contributed by atoms with Crippen LogP contribution in [0.2, 0.25) is 0 Å². The molecule has 3 aromatic carbocycles. The second kappa shape index (κ2) is 8.81. The van der Waals surface area contributed by atoms with Gasteiger partial charge in [-0.3, -0.25) is 9.59 Å². The Balaban J connectivity index is 1.57. The van der Waals surface area contributed by atoms with Crippen LogP contribution in [-0.4, -0.2) is 11.8 Å². The Kier molecular flexibility index (Phi) is 6.00. The van der Waals surface area contributed by atoms with Crippen molar-refractivity contribution in [2.75, 3.05) is 10.6 Å². The summed E-state index contributed by atoms with van der Waals surface area (Å²) in [6, 6.07) is 24.2. The Hall–Kier alpha value is -3.40. The Morgan fingerprint density at radius 3 is 1.93 bits per heavy atom. The summed E-state index contributed by atoms with van der Waals surface area (Å²) in [6.45, 7) is 2.09. The van der Waals surface area contributed by atoms with Crippen LogP contribution >= 0.6 is 0 Å². The molecule has 0 aliphatic carbocycles. The van der Waals surface area contributed by atoms with Gasteiger partial charge in [0.2, 0.25) is 5.91 Å². The molecule has 0 spiro atoms. The fourth-order valence-corrected chi connectivity index (χ4v) is 2.72. The summed E-state index contributed by atoms with van der Waals surface area (Å²) in [5.74, 6) is -0.268. The summed E-state index contributed by atoms with van der Waals surface area (Å²) in [5, 5.41) is 5.72. The van der Waals surface area contributed by atoms with Gasteiger partial charge in [-0.15, -0.1) is 0 Å². The Morgan fingerprint density at radius 2 is 1.30 bits per heavy atom. The van der Waals surface area contributed by atoms with E-state index in [0.717, 1.165) is 17.7 Å². The highest BCUT2D eigenvalue weighted by molar-refractivity contribution is 6.04. The standard InChI is InChI=1S/C23H22N2O2/c1-2-17-8-12-21(13-9-17)25-23(27)19-10-14-20(15-11-19)24-22(26)16-18-6-4-3-5-7-18/h3-15H,2,16H2,1H3,(H,24,26)(H,25,27). The molecule has 0 saturated carbocycles. The summed E-state index contributed by atoms with van der Waals surface area (Å²) in [7, 11) is 0. The molecule has 0 fully saturated rings. The van der Waals surface area contributed by atoms with Gasteiger partial charge in [0.1, 0.15) is 0 Å². The summed E-state index contributed by atoms with van der Waals surface area (Å²) in [5.41, 5.74) is 4.15. The number of carbonyl (C=O) groups is 2. The molecule has 0 saturated heterocycles. The second-order valence-electron chi connectivity index (χ2n) is 6.29. The third-order valence-electron chi connectivity index (χ3n) is 4.26. The van der Waals surface area contributed by atoms with E-state index >= 15 is 0 Å². The number of aryl methyl sites for hydroxylation is 1. The van der Waals surface area contributed by atoms with Gasteiger partial charge in [0.25, 0.3) is 5.91 Å². The third kappa shape index (κ3) is 5.28. The molecule has 0 aliphatic heterocycles. The first-order valence-corrected chi connectivity index (χ1v) is 8.98. The molecule has 4 heteroatoms. The van der Waals surface area contributed by atoms with Crippen LogP contribution in [0.15, 0.2) is 78.9 Å². The van der Waals surface area contributed by atoms with Crippen LogP contribution in [0.5, 0.6) is 0 Å². The number of anilines is 2. The minimum absolute atomic E-state index is 0.0885. The molecule has 3 rings (SSSR count). The topological polar surface area (TPSA) is 58.2 Å². The van der Waals surface area contributed by atoms with Crippen molar-refractivity contribution in [2.45, 2.75) is 19.8 Å². The minimum Gasteiger partial charge on any atom is -0.326 e. The monoisotopic (exact) mass is 358 g/mol. The molecule has 0 atom stereocenters. The largest absolute Gasteiger partial charge is 0.326 e. The van der Waals surface area contributed by atoms with Crippen LogP contribution in [0.25, 0.3) is 0 Å². The van der Waals surface area contributed by atoms with E-state index in [9.17, 15) is 9.59 Å². The molecular formula is C23H22N2O2. The molecule has 4 nitrogen and oxygen atoms in total. The molecule has 2 N–H and O–H groups in total. The van der Waals surface area contributed by atoms with E-state index in [2.05, 4.69) is 17.6 Å². The van der Waals surface area contributed by atoms with Crippen LogP contribution in [0, 0.1) is 0 Å². The summed E-state index contributed by atoms with van der Waals surface area (Å²) < 4.78 is 0. The molecule has 0 bridgehead atoms. The average Bonchev–Trinajstić information content (AvgIpc) is 2.70. The highest BCUT2D eigenvalue weighted by Gasteiger charge is 2.08. The molecule has 0 aromatic heterocycles. The summed E-state index contributed by atoms with van der Waals surface area (Å²) in [6.07, 6.45) is 1.28. The third-order valence-corrected chi connectivity index (χ3v) is 4.26. The average molecular weight is 358 g/mol. The first kappa shape index (κ1) is 18.4. The fraction of sp³-hybridized carbons (Fsp3) is 0.130. The molecule has 0 radical (unpaired) electrons. The Morgan fingerprint density at radius 1 is 0.704 bits per heavy atom. The number of benzene rings is 3.